The highest BCUT2D eigenvalue weighted by Gasteiger charge is 2.30. The summed E-state index contributed by atoms with van der Waals surface area (Å²) in [6.45, 7) is 0. The number of nitrogens with zero attached hydrogens (tertiary/aromatic N) is 1. The number of carbonyl (C=O) groups excluding carboxylic acids is 1. The summed E-state index contributed by atoms with van der Waals surface area (Å²) in [4.78, 5) is 14.0. The van der Waals surface area contributed by atoms with E-state index in [0.29, 0.717) is 11.3 Å². The van der Waals surface area contributed by atoms with Crippen molar-refractivity contribution in [3.05, 3.63) is 23.8 Å². The van der Waals surface area contributed by atoms with Crippen molar-refractivity contribution in [2.45, 2.75) is 37.8 Å². The van der Waals surface area contributed by atoms with E-state index in [1.54, 1.807) is 24.1 Å². The van der Waals surface area contributed by atoms with Crippen LogP contribution in [0.5, 0.6) is 11.5 Å². The summed E-state index contributed by atoms with van der Waals surface area (Å²) in [5.74, 6) is 0.0757. The van der Waals surface area contributed by atoms with Gasteiger partial charge in [0.1, 0.15) is 0 Å². The van der Waals surface area contributed by atoms with Gasteiger partial charge in [-0.1, -0.05) is 12.8 Å². The molecule has 5 nitrogen and oxygen atoms in total. The van der Waals surface area contributed by atoms with Crippen molar-refractivity contribution in [2.24, 2.45) is 0 Å². The van der Waals surface area contributed by atoms with Gasteiger partial charge in [-0.2, -0.15) is 0 Å². The van der Waals surface area contributed by atoms with E-state index in [1.165, 1.54) is 13.2 Å². The van der Waals surface area contributed by atoms with E-state index in [4.69, 9.17) is 4.74 Å². The number of aromatic hydroxyl groups is 1. The highest BCUT2D eigenvalue weighted by atomic mass is 16.5. The van der Waals surface area contributed by atoms with Gasteiger partial charge >= 0.3 is 0 Å². The number of aliphatic hydroxyl groups excluding tert-OH is 1. The Kier molecular flexibility index (Phi) is 4.49. The number of phenolic OH excluding ortho intramolecular Hbond substituents is 1. The molecule has 1 aromatic carbocycles. The van der Waals surface area contributed by atoms with Crippen molar-refractivity contribution < 1.29 is 19.7 Å². The molecule has 0 spiro atoms. The molecule has 0 radical (unpaired) electrons. The lowest BCUT2D eigenvalue weighted by molar-refractivity contribution is 0.0268. The Morgan fingerprint density at radius 3 is 2.65 bits per heavy atom. The van der Waals surface area contributed by atoms with Gasteiger partial charge in [0.15, 0.2) is 11.5 Å². The van der Waals surface area contributed by atoms with Crippen molar-refractivity contribution in [2.75, 3.05) is 14.2 Å². The van der Waals surface area contributed by atoms with Crippen LogP contribution in [0.3, 0.4) is 0 Å². The van der Waals surface area contributed by atoms with Gasteiger partial charge < -0.3 is 19.8 Å². The van der Waals surface area contributed by atoms with E-state index in [2.05, 4.69) is 0 Å². The summed E-state index contributed by atoms with van der Waals surface area (Å²) in [5.41, 5.74) is 0.392. The molecule has 0 aliphatic heterocycles. The number of likely N-dealkylation sites (N-methyl/N-ethyl adjacent to an activating group) is 1. The van der Waals surface area contributed by atoms with Gasteiger partial charge in [-0.05, 0) is 31.0 Å². The van der Waals surface area contributed by atoms with E-state index in [-0.39, 0.29) is 17.7 Å². The molecule has 0 bridgehead atoms. The van der Waals surface area contributed by atoms with E-state index >= 15 is 0 Å². The quantitative estimate of drug-likeness (QED) is 0.884. The van der Waals surface area contributed by atoms with E-state index in [1.807, 2.05) is 0 Å². The zero-order chi connectivity index (χ0) is 14.7. The van der Waals surface area contributed by atoms with Crippen LogP contribution in [-0.2, 0) is 0 Å². The standard InChI is InChI=1S/C15H21NO4/c1-16(11-5-3-4-6-12(11)17)15(19)10-7-8-14(20-2)13(18)9-10/h7-9,11-12,17-18H,3-6H2,1-2H3. The Morgan fingerprint density at radius 1 is 1.35 bits per heavy atom. The Bertz CT molecular complexity index is 489. The van der Waals surface area contributed by atoms with E-state index in [0.717, 1.165) is 25.7 Å². The molecule has 1 aliphatic rings. The number of hydrogen-bond acceptors (Lipinski definition) is 4. The molecule has 2 N–H and O–H groups in total. The number of aliphatic hydroxyl groups is 1. The van der Waals surface area contributed by atoms with Crippen LogP contribution >= 0.6 is 0 Å². The van der Waals surface area contributed by atoms with Crippen LogP contribution in [0.1, 0.15) is 36.0 Å². The molecule has 5 heteroatoms. The Morgan fingerprint density at radius 2 is 2.05 bits per heavy atom. The maximum absolute atomic E-state index is 12.4. The topological polar surface area (TPSA) is 70.0 Å². The highest BCUT2D eigenvalue weighted by molar-refractivity contribution is 5.95. The number of methoxy groups -OCH3 is 1. The number of hydrogen-bond donors (Lipinski definition) is 2. The Labute approximate surface area is 118 Å². The minimum Gasteiger partial charge on any atom is -0.504 e. The van der Waals surface area contributed by atoms with Gasteiger partial charge in [0.25, 0.3) is 5.91 Å². The average molecular weight is 279 g/mol. The number of ether oxygens (including phenoxy) is 1. The first-order chi connectivity index (χ1) is 9.54. The monoisotopic (exact) mass is 279 g/mol. The van der Waals surface area contributed by atoms with Gasteiger partial charge in [0, 0.05) is 12.6 Å². The summed E-state index contributed by atoms with van der Waals surface area (Å²) < 4.78 is 4.96. The number of phenols is 1. The van der Waals surface area contributed by atoms with Crippen LogP contribution in [-0.4, -0.2) is 47.3 Å². The largest absolute Gasteiger partial charge is 0.504 e. The second-order valence-electron chi connectivity index (χ2n) is 5.22. The molecule has 2 unspecified atom stereocenters. The van der Waals surface area contributed by atoms with Gasteiger partial charge in [0.2, 0.25) is 0 Å². The molecule has 0 heterocycles. The lowest BCUT2D eigenvalue weighted by Crippen LogP contribution is -2.46. The van der Waals surface area contributed by atoms with Gasteiger partial charge in [-0.3, -0.25) is 4.79 Å². The van der Waals surface area contributed by atoms with Crippen LogP contribution < -0.4 is 4.74 Å². The van der Waals surface area contributed by atoms with Crippen LogP contribution in [0, 0.1) is 0 Å². The fourth-order valence-electron chi connectivity index (χ4n) is 2.72. The van der Waals surface area contributed by atoms with Gasteiger partial charge in [-0.15, -0.1) is 0 Å². The van der Waals surface area contributed by atoms with Crippen molar-refractivity contribution >= 4 is 5.91 Å². The molecule has 1 aromatic rings. The number of amides is 1. The number of rotatable bonds is 3. The summed E-state index contributed by atoms with van der Waals surface area (Å²) in [7, 11) is 3.16. The summed E-state index contributed by atoms with van der Waals surface area (Å²) in [5, 5.41) is 19.7. The molecular weight excluding hydrogens is 258 g/mol. The fraction of sp³-hybridized carbons (Fsp3) is 0.533. The predicted molar refractivity (Wildman–Crippen MR) is 75.0 cm³/mol. The third-order valence-corrected chi connectivity index (χ3v) is 3.94. The SMILES string of the molecule is COc1ccc(C(=O)N(C)C2CCCCC2O)cc1O. The highest BCUT2D eigenvalue weighted by Crippen LogP contribution is 2.28. The second kappa shape index (κ2) is 6.13. The van der Waals surface area contributed by atoms with Crippen LogP contribution in [0.25, 0.3) is 0 Å². The smallest absolute Gasteiger partial charge is 0.254 e. The number of carbonyl (C=O) groups is 1. The fourth-order valence-corrected chi connectivity index (χ4v) is 2.72. The van der Waals surface area contributed by atoms with E-state index in [9.17, 15) is 15.0 Å². The van der Waals surface area contributed by atoms with Crippen LogP contribution in [0.2, 0.25) is 0 Å². The minimum absolute atomic E-state index is 0.0593. The molecule has 1 fully saturated rings. The van der Waals surface area contributed by atoms with Gasteiger partial charge in [-0.25, -0.2) is 0 Å². The molecule has 110 valence electrons. The first kappa shape index (κ1) is 14.7. The molecule has 0 saturated heterocycles. The molecule has 1 saturated carbocycles. The lowest BCUT2D eigenvalue weighted by Gasteiger charge is -2.35. The molecule has 1 aliphatic carbocycles. The van der Waals surface area contributed by atoms with Crippen molar-refractivity contribution in [1.29, 1.82) is 0 Å². The van der Waals surface area contributed by atoms with Gasteiger partial charge in [0.05, 0.1) is 19.3 Å². The lowest BCUT2D eigenvalue weighted by atomic mass is 9.91. The van der Waals surface area contributed by atoms with Crippen molar-refractivity contribution in [3.8, 4) is 11.5 Å². The van der Waals surface area contributed by atoms with Crippen LogP contribution in [0.4, 0.5) is 0 Å². The molecule has 20 heavy (non-hydrogen) atoms. The molecular formula is C15H21NO4. The zero-order valence-corrected chi connectivity index (χ0v) is 11.9. The molecule has 2 rings (SSSR count). The normalized spacial score (nSPS) is 22.4. The predicted octanol–water partition coefficient (Wildman–Crippen LogP) is 1.78. The maximum Gasteiger partial charge on any atom is 0.254 e. The van der Waals surface area contributed by atoms with Crippen molar-refractivity contribution in [1.82, 2.24) is 4.90 Å². The van der Waals surface area contributed by atoms with Crippen molar-refractivity contribution in [3.63, 3.8) is 0 Å². The average Bonchev–Trinajstić information content (AvgIpc) is 2.46. The first-order valence-electron chi connectivity index (χ1n) is 6.87. The number of benzene rings is 1. The molecule has 0 aromatic heterocycles. The Hall–Kier alpha value is -1.75. The third kappa shape index (κ3) is 2.88. The third-order valence-electron chi connectivity index (χ3n) is 3.94. The minimum atomic E-state index is -0.468. The molecule has 2 atom stereocenters. The molecule has 1 amide bonds. The maximum atomic E-state index is 12.4. The van der Waals surface area contributed by atoms with Crippen LogP contribution in [0.15, 0.2) is 18.2 Å². The first-order valence-corrected chi connectivity index (χ1v) is 6.87. The zero-order valence-electron chi connectivity index (χ0n) is 11.9. The summed E-state index contributed by atoms with van der Waals surface area (Å²) in [6.07, 6.45) is 3.10. The summed E-state index contributed by atoms with van der Waals surface area (Å²) >= 11 is 0. The van der Waals surface area contributed by atoms with E-state index < -0.39 is 6.10 Å². The Balaban J connectivity index is 2.15. The summed E-state index contributed by atoms with van der Waals surface area (Å²) in [6, 6.07) is 4.42. The second-order valence-corrected chi connectivity index (χ2v) is 5.22.